The molecule has 50 heavy (non-hydrogen) atoms. The lowest BCUT2D eigenvalue weighted by molar-refractivity contribution is -0.139. The molecule has 13 heteroatoms. The summed E-state index contributed by atoms with van der Waals surface area (Å²) in [4.78, 5) is 68.3. The van der Waals surface area contributed by atoms with Crippen LogP contribution in [0.15, 0.2) is 103 Å². The lowest BCUT2D eigenvalue weighted by atomic mass is 10.1. The summed E-state index contributed by atoms with van der Waals surface area (Å²) in [5.41, 5.74) is 2.87. The smallest absolute Gasteiger partial charge is 0.319 e. The summed E-state index contributed by atoms with van der Waals surface area (Å²) in [6, 6.07) is 29.8. The maximum Gasteiger partial charge on any atom is 0.319 e. The topological polar surface area (TPSA) is 161 Å². The Morgan fingerprint density at radius 2 is 1.42 bits per heavy atom. The number of likely N-dealkylation sites (N-methyl/N-ethyl adjacent to an activating group) is 2. The fourth-order valence-electron chi connectivity index (χ4n) is 4.70. The number of esters is 1. The highest BCUT2D eigenvalue weighted by Gasteiger charge is 2.23. The quantitative estimate of drug-likeness (QED) is 0.200. The first-order chi connectivity index (χ1) is 24.1. The number of ether oxygens (including phenoxy) is 2. The van der Waals surface area contributed by atoms with E-state index < -0.39 is 30.4 Å². The van der Waals surface area contributed by atoms with E-state index in [9.17, 15) is 29.2 Å². The van der Waals surface area contributed by atoms with Crippen molar-refractivity contribution in [1.29, 1.82) is 5.26 Å². The molecular weight excluding hydrogens is 640 g/mol. The summed E-state index contributed by atoms with van der Waals surface area (Å²) in [6.07, 6.45) is 0.0242. The molecule has 0 saturated heterocycles. The molecule has 5 amide bonds. The van der Waals surface area contributed by atoms with Crippen LogP contribution in [0.3, 0.4) is 0 Å². The Morgan fingerprint density at radius 1 is 0.740 bits per heavy atom. The van der Waals surface area contributed by atoms with Crippen LogP contribution in [-0.4, -0.2) is 70.6 Å². The Morgan fingerprint density at radius 3 is 2.16 bits per heavy atom. The minimum absolute atomic E-state index is 0.0242. The van der Waals surface area contributed by atoms with Crippen molar-refractivity contribution in [2.45, 2.75) is 6.42 Å². The number of hydrogen-bond donors (Lipinski definition) is 2. The van der Waals surface area contributed by atoms with Crippen LogP contribution >= 0.6 is 0 Å². The molecule has 0 aliphatic carbocycles. The molecule has 256 valence electrons. The molecule has 4 rings (SSSR count). The second-order valence-corrected chi connectivity index (χ2v) is 10.9. The van der Waals surface area contributed by atoms with E-state index in [1.54, 1.807) is 105 Å². The van der Waals surface area contributed by atoms with Gasteiger partial charge < -0.3 is 34.8 Å². The van der Waals surface area contributed by atoms with Crippen molar-refractivity contribution < 1.29 is 33.4 Å². The number of para-hydroxylation sites is 1. The minimum atomic E-state index is -0.679. The number of hydrogen-bond acceptors (Lipinski definition) is 8. The average molecular weight is 677 g/mol. The lowest BCUT2D eigenvalue weighted by Gasteiger charge is -2.26. The van der Waals surface area contributed by atoms with Crippen molar-refractivity contribution in [3.63, 3.8) is 0 Å². The van der Waals surface area contributed by atoms with Crippen molar-refractivity contribution in [2.24, 2.45) is 0 Å². The standard InChI is InChI=1S/C37H36N6O7/c1-41(29-13-5-4-6-14-29)34(45)24-43(33(44)23-39-37(48)40-28-12-7-10-26(18-28)20-36(47)49-3)31-16-9-17-32(21-31)50-25-35(46)42(2)30-15-8-11-27(19-30)22-38/h4-19,21H,20,23-25H2,1-3H3,(H2,39,40,48). The van der Waals surface area contributed by atoms with Crippen LogP contribution in [0.5, 0.6) is 5.75 Å². The van der Waals surface area contributed by atoms with Gasteiger partial charge in [0.25, 0.3) is 5.91 Å². The molecule has 0 heterocycles. The van der Waals surface area contributed by atoms with E-state index in [0.717, 1.165) is 0 Å². The first-order valence-electron chi connectivity index (χ1n) is 15.4. The van der Waals surface area contributed by atoms with Gasteiger partial charge in [0.15, 0.2) is 6.61 Å². The molecule has 0 radical (unpaired) electrons. The molecular formula is C37H36N6O7. The Hall–Kier alpha value is -6.68. The number of amides is 5. The van der Waals surface area contributed by atoms with Crippen molar-refractivity contribution in [3.8, 4) is 11.8 Å². The van der Waals surface area contributed by atoms with Gasteiger partial charge in [0.1, 0.15) is 12.3 Å². The predicted octanol–water partition coefficient (Wildman–Crippen LogP) is 4.13. The zero-order valence-corrected chi connectivity index (χ0v) is 27.8. The third-order valence-electron chi connectivity index (χ3n) is 7.50. The number of benzene rings is 4. The maximum atomic E-state index is 13.6. The van der Waals surface area contributed by atoms with E-state index in [2.05, 4.69) is 15.4 Å². The van der Waals surface area contributed by atoms with Crippen LogP contribution in [0, 0.1) is 11.3 Å². The summed E-state index contributed by atoms with van der Waals surface area (Å²) in [7, 11) is 4.44. The van der Waals surface area contributed by atoms with Crippen molar-refractivity contribution in [3.05, 3.63) is 114 Å². The highest BCUT2D eigenvalue weighted by atomic mass is 16.5. The number of urea groups is 1. The Labute approximate surface area is 289 Å². The molecule has 0 aliphatic heterocycles. The van der Waals surface area contributed by atoms with Gasteiger partial charge in [-0.25, -0.2) is 4.79 Å². The maximum absolute atomic E-state index is 13.6. The third kappa shape index (κ3) is 10.2. The predicted molar refractivity (Wildman–Crippen MR) is 188 cm³/mol. The number of anilines is 4. The van der Waals surface area contributed by atoms with E-state index in [1.165, 1.54) is 27.9 Å². The Bertz CT molecular complexity index is 1890. The van der Waals surface area contributed by atoms with Gasteiger partial charge in [-0.3, -0.25) is 19.2 Å². The molecule has 13 nitrogen and oxygen atoms in total. The summed E-state index contributed by atoms with van der Waals surface area (Å²) in [5, 5.41) is 14.3. The second kappa shape index (κ2) is 17.5. The molecule has 0 unspecified atom stereocenters. The summed E-state index contributed by atoms with van der Waals surface area (Å²) >= 11 is 0. The number of methoxy groups -OCH3 is 1. The van der Waals surface area contributed by atoms with E-state index in [-0.39, 0.29) is 31.2 Å². The fourth-order valence-corrected chi connectivity index (χ4v) is 4.70. The number of carbonyl (C=O) groups excluding carboxylic acids is 5. The highest BCUT2D eigenvalue weighted by molar-refractivity contribution is 6.05. The second-order valence-electron chi connectivity index (χ2n) is 10.9. The molecule has 4 aromatic rings. The van der Waals surface area contributed by atoms with Crippen molar-refractivity contribution in [2.75, 3.05) is 60.9 Å². The molecule has 0 aromatic heterocycles. The highest BCUT2D eigenvalue weighted by Crippen LogP contribution is 2.23. The minimum Gasteiger partial charge on any atom is -0.484 e. The summed E-state index contributed by atoms with van der Waals surface area (Å²) < 4.78 is 10.5. The fraction of sp³-hybridized carbons (Fsp3) is 0.189. The zero-order valence-electron chi connectivity index (χ0n) is 27.8. The molecule has 2 N–H and O–H groups in total. The van der Waals surface area contributed by atoms with Gasteiger partial charge in [-0.1, -0.05) is 42.5 Å². The molecule has 4 aromatic carbocycles. The first kappa shape index (κ1) is 36.2. The van der Waals surface area contributed by atoms with Gasteiger partial charge in [0.05, 0.1) is 31.7 Å². The van der Waals surface area contributed by atoms with Crippen molar-refractivity contribution in [1.82, 2.24) is 5.32 Å². The SMILES string of the molecule is COC(=O)Cc1cccc(NC(=O)NCC(=O)N(CC(=O)N(C)c2ccccc2)c2cccc(OCC(=O)N(C)c3cccc(C#N)c3)c2)c1. The normalized spacial score (nSPS) is 10.2. The number of nitrogens with one attached hydrogen (secondary N) is 2. The zero-order chi connectivity index (χ0) is 36.0. The van der Waals surface area contributed by atoms with Crippen LogP contribution in [0.1, 0.15) is 11.1 Å². The van der Waals surface area contributed by atoms with E-state index >= 15 is 0 Å². The average Bonchev–Trinajstić information content (AvgIpc) is 3.14. The molecule has 0 atom stereocenters. The van der Waals surface area contributed by atoms with Crippen molar-refractivity contribution >= 4 is 52.5 Å². The lowest BCUT2D eigenvalue weighted by Crippen LogP contribution is -2.46. The number of nitrogens with zero attached hydrogens (tertiary/aromatic N) is 4. The summed E-state index contributed by atoms with van der Waals surface area (Å²) in [6.45, 7) is -1.18. The molecule has 0 spiro atoms. The van der Waals surface area contributed by atoms with E-state index in [4.69, 9.17) is 4.74 Å². The van der Waals surface area contributed by atoms with Gasteiger partial charge in [0, 0.05) is 42.9 Å². The van der Waals surface area contributed by atoms with Gasteiger partial charge in [-0.05, 0) is 60.2 Å². The van der Waals surface area contributed by atoms with Gasteiger partial charge >= 0.3 is 12.0 Å². The molecule has 0 bridgehead atoms. The van der Waals surface area contributed by atoms with Gasteiger partial charge in [0.2, 0.25) is 11.8 Å². The van der Waals surface area contributed by atoms with Crippen LogP contribution in [0.4, 0.5) is 27.5 Å². The van der Waals surface area contributed by atoms with Crippen LogP contribution < -0.4 is 30.1 Å². The van der Waals surface area contributed by atoms with Gasteiger partial charge in [-0.2, -0.15) is 5.26 Å². The van der Waals surface area contributed by atoms with E-state index in [1.807, 2.05) is 12.1 Å². The van der Waals surface area contributed by atoms with Crippen LogP contribution in [0.2, 0.25) is 0 Å². The number of rotatable bonds is 13. The molecule has 0 aliphatic rings. The van der Waals surface area contributed by atoms with E-state index in [0.29, 0.717) is 33.9 Å². The van der Waals surface area contributed by atoms with Gasteiger partial charge in [-0.15, -0.1) is 0 Å². The molecule has 0 saturated carbocycles. The number of carbonyl (C=O) groups is 5. The molecule has 0 fully saturated rings. The monoisotopic (exact) mass is 676 g/mol. The van der Waals surface area contributed by atoms with Crippen LogP contribution in [0.25, 0.3) is 0 Å². The van der Waals surface area contributed by atoms with Crippen LogP contribution in [-0.2, 0) is 30.3 Å². The Kier molecular flexibility index (Phi) is 12.6. The third-order valence-corrected chi connectivity index (χ3v) is 7.50. The first-order valence-corrected chi connectivity index (χ1v) is 15.4. The number of nitriles is 1. The largest absolute Gasteiger partial charge is 0.484 e. The summed E-state index contributed by atoms with van der Waals surface area (Å²) in [5.74, 6) is -1.56. The Balaban J connectivity index is 1.47.